The lowest BCUT2D eigenvalue weighted by Crippen LogP contribution is -2.36. The number of hydrogen-bond donors (Lipinski definition) is 1. The van der Waals surface area contributed by atoms with Crippen LogP contribution < -0.4 is 5.32 Å². The molecule has 0 bridgehead atoms. The summed E-state index contributed by atoms with van der Waals surface area (Å²) in [4.78, 5) is 17.3. The van der Waals surface area contributed by atoms with E-state index in [-0.39, 0.29) is 5.91 Å². The Bertz CT molecular complexity index is 380. The normalized spacial score (nSPS) is 17.4. The molecule has 0 spiro atoms. The van der Waals surface area contributed by atoms with E-state index < -0.39 is 0 Å². The molecule has 88 valence electrons. The van der Waals surface area contributed by atoms with Crippen LogP contribution in [0.1, 0.15) is 52.5 Å². The molecule has 1 aromatic heterocycles. The van der Waals surface area contributed by atoms with Crippen LogP contribution in [0.2, 0.25) is 0 Å². The third kappa shape index (κ3) is 2.61. The number of hydrogen-bond acceptors (Lipinski definition) is 3. The Balaban J connectivity index is 1.99. The van der Waals surface area contributed by atoms with Crippen molar-refractivity contribution in [1.29, 1.82) is 0 Å². The highest BCUT2D eigenvalue weighted by Crippen LogP contribution is 2.20. The second-order valence-corrected chi connectivity index (χ2v) is 5.85. The number of amides is 1. The number of nitrogens with zero attached hydrogens (tertiary/aromatic N) is 1. The van der Waals surface area contributed by atoms with Gasteiger partial charge in [-0.3, -0.25) is 4.79 Å². The molecule has 0 aliphatic heterocycles. The van der Waals surface area contributed by atoms with Crippen molar-refractivity contribution in [3.8, 4) is 0 Å². The minimum Gasteiger partial charge on any atom is -0.348 e. The van der Waals surface area contributed by atoms with Gasteiger partial charge in [0.15, 0.2) is 0 Å². The zero-order valence-corrected chi connectivity index (χ0v) is 10.7. The third-order valence-corrected chi connectivity index (χ3v) is 3.95. The van der Waals surface area contributed by atoms with E-state index in [0.717, 1.165) is 22.7 Å². The number of rotatable bonds is 2. The molecule has 0 unspecified atom stereocenters. The summed E-state index contributed by atoms with van der Waals surface area (Å²) in [6.07, 6.45) is 6.02. The van der Waals surface area contributed by atoms with E-state index in [1.165, 1.54) is 19.3 Å². The number of thiazole rings is 1. The van der Waals surface area contributed by atoms with E-state index >= 15 is 0 Å². The van der Waals surface area contributed by atoms with E-state index in [2.05, 4.69) is 10.3 Å². The lowest BCUT2D eigenvalue weighted by atomic mass is 9.95. The molecular weight excluding hydrogens is 220 g/mol. The van der Waals surface area contributed by atoms with Gasteiger partial charge in [-0.05, 0) is 26.7 Å². The molecule has 3 nitrogen and oxygen atoms in total. The highest BCUT2D eigenvalue weighted by Gasteiger charge is 2.19. The highest BCUT2D eigenvalue weighted by atomic mass is 32.1. The topological polar surface area (TPSA) is 42.0 Å². The van der Waals surface area contributed by atoms with Crippen LogP contribution >= 0.6 is 11.3 Å². The van der Waals surface area contributed by atoms with Crippen LogP contribution in [0.25, 0.3) is 0 Å². The Labute approximate surface area is 100 Å². The lowest BCUT2D eigenvalue weighted by molar-refractivity contribution is 0.0922. The Hall–Kier alpha value is -0.900. The smallest absolute Gasteiger partial charge is 0.271 e. The molecular formula is C12H18N2OS. The average molecular weight is 238 g/mol. The SMILES string of the molecule is Cc1nc(C(=O)NC2CCCCC2)c(C)s1. The summed E-state index contributed by atoms with van der Waals surface area (Å²) in [7, 11) is 0. The van der Waals surface area contributed by atoms with Crippen molar-refractivity contribution in [3.63, 3.8) is 0 Å². The van der Waals surface area contributed by atoms with Crippen LogP contribution in [0.4, 0.5) is 0 Å². The summed E-state index contributed by atoms with van der Waals surface area (Å²) >= 11 is 1.59. The molecule has 16 heavy (non-hydrogen) atoms. The van der Waals surface area contributed by atoms with Crippen molar-refractivity contribution in [3.05, 3.63) is 15.6 Å². The van der Waals surface area contributed by atoms with Crippen LogP contribution in [0.15, 0.2) is 0 Å². The van der Waals surface area contributed by atoms with Gasteiger partial charge in [0.1, 0.15) is 5.69 Å². The number of carbonyl (C=O) groups is 1. The Morgan fingerprint density at radius 3 is 2.56 bits per heavy atom. The molecule has 4 heteroatoms. The zero-order valence-electron chi connectivity index (χ0n) is 9.88. The first kappa shape index (κ1) is 11.6. The number of aromatic nitrogens is 1. The predicted molar refractivity (Wildman–Crippen MR) is 65.9 cm³/mol. The van der Waals surface area contributed by atoms with Crippen molar-refractivity contribution in [2.45, 2.75) is 52.0 Å². The van der Waals surface area contributed by atoms with E-state index in [0.29, 0.717) is 11.7 Å². The van der Waals surface area contributed by atoms with E-state index in [1.807, 2.05) is 13.8 Å². The fourth-order valence-corrected chi connectivity index (χ4v) is 3.06. The number of nitrogens with one attached hydrogen (secondary N) is 1. The second-order valence-electron chi connectivity index (χ2n) is 4.45. The molecule has 1 aromatic rings. The van der Waals surface area contributed by atoms with Gasteiger partial charge in [0, 0.05) is 10.9 Å². The van der Waals surface area contributed by atoms with Crippen LogP contribution in [0, 0.1) is 13.8 Å². The van der Waals surface area contributed by atoms with E-state index in [4.69, 9.17) is 0 Å². The summed E-state index contributed by atoms with van der Waals surface area (Å²) in [6.45, 7) is 3.90. The summed E-state index contributed by atoms with van der Waals surface area (Å²) in [6, 6.07) is 0.364. The quantitative estimate of drug-likeness (QED) is 0.861. The zero-order chi connectivity index (χ0) is 11.5. The van der Waals surface area contributed by atoms with Crippen molar-refractivity contribution >= 4 is 17.2 Å². The fraction of sp³-hybridized carbons (Fsp3) is 0.667. The summed E-state index contributed by atoms with van der Waals surface area (Å²) in [5.74, 6) is 0.00810. The summed E-state index contributed by atoms with van der Waals surface area (Å²) in [5, 5.41) is 4.06. The van der Waals surface area contributed by atoms with Gasteiger partial charge in [0.05, 0.1) is 5.01 Å². The first-order valence-corrected chi connectivity index (χ1v) is 6.73. The van der Waals surface area contributed by atoms with Gasteiger partial charge in [-0.2, -0.15) is 0 Å². The minimum absolute atomic E-state index is 0.00810. The van der Waals surface area contributed by atoms with Crippen molar-refractivity contribution in [2.24, 2.45) is 0 Å². The van der Waals surface area contributed by atoms with Gasteiger partial charge in [0.25, 0.3) is 5.91 Å². The molecule has 1 N–H and O–H groups in total. The van der Waals surface area contributed by atoms with Crippen molar-refractivity contribution in [1.82, 2.24) is 10.3 Å². The van der Waals surface area contributed by atoms with Gasteiger partial charge >= 0.3 is 0 Å². The Morgan fingerprint density at radius 1 is 1.31 bits per heavy atom. The number of aryl methyl sites for hydroxylation is 2. The Morgan fingerprint density at radius 2 is 2.00 bits per heavy atom. The maximum Gasteiger partial charge on any atom is 0.271 e. The second kappa shape index (κ2) is 4.95. The molecule has 0 radical (unpaired) electrons. The fourth-order valence-electron chi connectivity index (χ4n) is 2.24. The molecule has 1 aliphatic carbocycles. The first-order valence-electron chi connectivity index (χ1n) is 5.91. The molecule has 1 fully saturated rings. The molecule has 1 saturated carbocycles. The number of carbonyl (C=O) groups excluding carboxylic acids is 1. The predicted octanol–water partition coefficient (Wildman–Crippen LogP) is 2.82. The van der Waals surface area contributed by atoms with E-state index in [9.17, 15) is 4.79 Å². The van der Waals surface area contributed by atoms with Crippen LogP contribution in [-0.4, -0.2) is 16.9 Å². The van der Waals surface area contributed by atoms with Gasteiger partial charge in [0.2, 0.25) is 0 Å². The van der Waals surface area contributed by atoms with Crippen molar-refractivity contribution < 1.29 is 4.79 Å². The molecule has 0 atom stereocenters. The van der Waals surface area contributed by atoms with Crippen molar-refractivity contribution in [2.75, 3.05) is 0 Å². The maximum absolute atomic E-state index is 12.0. The van der Waals surface area contributed by atoms with Gasteiger partial charge < -0.3 is 5.32 Å². The van der Waals surface area contributed by atoms with E-state index in [1.54, 1.807) is 11.3 Å². The summed E-state index contributed by atoms with van der Waals surface area (Å²) in [5.41, 5.74) is 0.619. The average Bonchev–Trinajstić information content (AvgIpc) is 2.59. The minimum atomic E-state index is 0.00810. The summed E-state index contributed by atoms with van der Waals surface area (Å²) < 4.78 is 0. The molecule has 1 heterocycles. The lowest BCUT2D eigenvalue weighted by Gasteiger charge is -2.22. The van der Waals surface area contributed by atoms with Gasteiger partial charge in [-0.1, -0.05) is 19.3 Å². The largest absolute Gasteiger partial charge is 0.348 e. The van der Waals surface area contributed by atoms with Crippen LogP contribution in [0.3, 0.4) is 0 Å². The monoisotopic (exact) mass is 238 g/mol. The maximum atomic E-state index is 12.0. The molecule has 1 aliphatic rings. The van der Waals surface area contributed by atoms with Gasteiger partial charge in [-0.25, -0.2) is 4.98 Å². The van der Waals surface area contributed by atoms with Crippen LogP contribution in [-0.2, 0) is 0 Å². The molecule has 1 amide bonds. The first-order chi connectivity index (χ1) is 7.66. The highest BCUT2D eigenvalue weighted by molar-refractivity contribution is 7.11. The Kier molecular flexibility index (Phi) is 3.59. The third-order valence-electron chi connectivity index (χ3n) is 3.06. The molecule has 0 aromatic carbocycles. The molecule has 0 saturated heterocycles. The van der Waals surface area contributed by atoms with Crippen LogP contribution in [0.5, 0.6) is 0 Å². The molecule has 2 rings (SSSR count). The standard InChI is InChI=1S/C12H18N2OS/c1-8-11(13-9(2)16-8)12(15)14-10-6-4-3-5-7-10/h10H,3-7H2,1-2H3,(H,14,15). The van der Waals surface area contributed by atoms with Gasteiger partial charge in [-0.15, -0.1) is 11.3 Å².